The second-order valence-corrected chi connectivity index (χ2v) is 9.12. The van der Waals surface area contributed by atoms with E-state index in [2.05, 4.69) is 36.3 Å². The Morgan fingerprint density at radius 1 is 1.11 bits per heavy atom. The van der Waals surface area contributed by atoms with Crippen molar-refractivity contribution in [3.05, 3.63) is 94.4 Å². The first-order valence-electron chi connectivity index (χ1n) is 11.7. The molecule has 0 aliphatic carbocycles. The number of carbonyl (C=O) groups excluding carboxylic acids is 1. The third-order valence-corrected chi connectivity index (χ3v) is 6.50. The zero-order valence-electron chi connectivity index (χ0n) is 19.8. The minimum Gasteiger partial charge on any atom is -0.320 e. The molecule has 7 heteroatoms. The lowest BCUT2D eigenvalue weighted by Gasteiger charge is -2.30. The number of rotatable bonds is 4. The van der Waals surface area contributed by atoms with Gasteiger partial charge in [-0.2, -0.15) is 0 Å². The summed E-state index contributed by atoms with van der Waals surface area (Å²) in [5.74, 6) is 0.652. The van der Waals surface area contributed by atoms with Crippen LogP contribution in [0, 0.1) is 6.92 Å². The van der Waals surface area contributed by atoms with Gasteiger partial charge in [-0.05, 0) is 54.8 Å². The predicted octanol–water partition coefficient (Wildman–Crippen LogP) is 6.32. The summed E-state index contributed by atoms with van der Waals surface area (Å²) in [7, 11) is 0. The van der Waals surface area contributed by atoms with Gasteiger partial charge >= 0.3 is 6.03 Å². The number of carbonyl (C=O) groups is 1. The number of benzene rings is 2. The van der Waals surface area contributed by atoms with E-state index in [1.807, 2.05) is 41.3 Å². The number of amides is 2. The first kappa shape index (κ1) is 23.0. The molecule has 35 heavy (non-hydrogen) atoms. The number of anilines is 1. The number of nitrogens with zero attached hydrogens (tertiary/aromatic N) is 4. The predicted molar refractivity (Wildman–Crippen MR) is 139 cm³/mol. The van der Waals surface area contributed by atoms with Crippen molar-refractivity contribution in [2.24, 2.45) is 0 Å². The van der Waals surface area contributed by atoms with Crippen molar-refractivity contribution in [2.45, 2.75) is 33.2 Å². The molecule has 2 amide bonds. The van der Waals surface area contributed by atoms with Gasteiger partial charge in [-0.15, -0.1) is 0 Å². The van der Waals surface area contributed by atoms with Gasteiger partial charge in [0.1, 0.15) is 0 Å². The Labute approximate surface area is 210 Å². The maximum Gasteiger partial charge on any atom is 0.322 e. The van der Waals surface area contributed by atoms with Gasteiger partial charge in [0, 0.05) is 52.8 Å². The van der Waals surface area contributed by atoms with Gasteiger partial charge in [0.2, 0.25) is 0 Å². The van der Waals surface area contributed by atoms with Crippen molar-refractivity contribution in [2.75, 3.05) is 11.9 Å². The molecule has 0 fully saturated rings. The van der Waals surface area contributed by atoms with Crippen LogP contribution in [-0.4, -0.2) is 32.4 Å². The van der Waals surface area contributed by atoms with Crippen molar-refractivity contribution in [1.29, 1.82) is 0 Å². The highest BCUT2D eigenvalue weighted by Gasteiger charge is 2.27. The fourth-order valence-corrected chi connectivity index (χ4v) is 4.66. The molecule has 0 bridgehead atoms. The van der Waals surface area contributed by atoms with E-state index >= 15 is 0 Å². The second kappa shape index (κ2) is 9.84. The van der Waals surface area contributed by atoms with Gasteiger partial charge in [0.05, 0.1) is 17.9 Å². The molecule has 2 aromatic heterocycles. The summed E-state index contributed by atoms with van der Waals surface area (Å²) in [6.45, 7) is 5.13. The maximum absolute atomic E-state index is 13.2. The van der Waals surface area contributed by atoms with Gasteiger partial charge in [0.25, 0.3) is 0 Å². The third kappa shape index (κ3) is 4.88. The number of aryl methyl sites for hydroxylation is 2. The lowest BCUT2D eigenvalue weighted by molar-refractivity contribution is 0.206. The van der Waals surface area contributed by atoms with Crippen LogP contribution in [0.5, 0.6) is 0 Å². The minimum atomic E-state index is -0.160. The fraction of sp³-hybridized carbons (Fsp3) is 0.214. The SMILES string of the molecule is CCc1cc(Cl)cc(NC(=O)N2CCc3nc(-c4cccnc4)nc(-c4ccccc4C)c3C2)c1. The summed E-state index contributed by atoms with van der Waals surface area (Å²) in [6.07, 6.45) is 5.01. The van der Waals surface area contributed by atoms with Crippen molar-refractivity contribution in [3.63, 3.8) is 0 Å². The van der Waals surface area contributed by atoms with Crippen LogP contribution < -0.4 is 5.32 Å². The lowest BCUT2D eigenvalue weighted by Crippen LogP contribution is -2.39. The molecule has 176 valence electrons. The molecule has 0 saturated heterocycles. The average Bonchev–Trinajstić information content (AvgIpc) is 2.88. The first-order chi connectivity index (χ1) is 17.0. The molecule has 1 N–H and O–H groups in total. The number of hydrogen-bond acceptors (Lipinski definition) is 4. The van der Waals surface area contributed by atoms with Crippen molar-refractivity contribution in [1.82, 2.24) is 19.9 Å². The van der Waals surface area contributed by atoms with Crippen LogP contribution in [0.15, 0.2) is 67.0 Å². The third-order valence-electron chi connectivity index (χ3n) is 6.28. The van der Waals surface area contributed by atoms with E-state index < -0.39 is 0 Å². The topological polar surface area (TPSA) is 71.0 Å². The number of nitrogens with one attached hydrogen (secondary N) is 1. The van der Waals surface area contributed by atoms with Gasteiger partial charge in [-0.3, -0.25) is 4.98 Å². The smallest absolute Gasteiger partial charge is 0.320 e. The summed E-state index contributed by atoms with van der Waals surface area (Å²) in [5.41, 5.74) is 7.63. The molecular weight excluding hydrogens is 458 g/mol. The number of fused-ring (bicyclic) bond motifs is 1. The quantitative estimate of drug-likeness (QED) is 0.368. The van der Waals surface area contributed by atoms with Crippen molar-refractivity contribution in [3.8, 4) is 22.6 Å². The van der Waals surface area contributed by atoms with E-state index in [-0.39, 0.29) is 6.03 Å². The molecule has 0 saturated carbocycles. The normalized spacial score (nSPS) is 12.8. The highest BCUT2D eigenvalue weighted by molar-refractivity contribution is 6.31. The minimum absolute atomic E-state index is 0.160. The summed E-state index contributed by atoms with van der Waals surface area (Å²) >= 11 is 6.25. The maximum atomic E-state index is 13.2. The Kier molecular flexibility index (Phi) is 6.47. The Hall–Kier alpha value is -3.77. The molecular formula is C28H26ClN5O. The number of aromatic nitrogens is 3. The molecule has 3 heterocycles. The molecule has 4 aromatic rings. The van der Waals surface area contributed by atoms with Gasteiger partial charge < -0.3 is 10.2 Å². The highest BCUT2D eigenvalue weighted by atomic mass is 35.5. The van der Waals surface area contributed by atoms with Crippen LogP contribution in [0.2, 0.25) is 5.02 Å². The summed E-state index contributed by atoms with van der Waals surface area (Å²) in [5, 5.41) is 3.63. The average molecular weight is 484 g/mol. The molecule has 2 aromatic carbocycles. The largest absolute Gasteiger partial charge is 0.322 e. The summed E-state index contributed by atoms with van der Waals surface area (Å²) in [6, 6.07) is 17.5. The van der Waals surface area contributed by atoms with Crippen LogP contribution in [-0.2, 0) is 19.4 Å². The van der Waals surface area contributed by atoms with Crippen LogP contribution in [0.3, 0.4) is 0 Å². The number of pyridine rings is 1. The Morgan fingerprint density at radius 3 is 2.74 bits per heavy atom. The van der Waals surface area contributed by atoms with E-state index in [0.29, 0.717) is 36.0 Å². The molecule has 0 radical (unpaired) electrons. The van der Waals surface area contributed by atoms with Gasteiger partial charge in [-0.1, -0.05) is 42.8 Å². The molecule has 0 spiro atoms. The molecule has 0 atom stereocenters. The zero-order valence-corrected chi connectivity index (χ0v) is 20.5. The Balaban J connectivity index is 1.50. The standard InChI is InChI=1S/C28H26ClN5O/c1-3-19-13-21(29)15-22(14-19)31-28(35)34-12-10-25-24(17-34)26(23-9-5-4-7-18(23)2)33-27(32-25)20-8-6-11-30-16-20/h4-9,11,13-16H,3,10,12,17H2,1-2H3,(H,31,35). The van der Waals surface area contributed by atoms with Crippen LogP contribution in [0.25, 0.3) is 22.6 Å². The number of urea groups is 1. The van der Waals surface area contributed by atoms with Gasteiger partial charge in [0.15, 0.2) is 5.82 Å². The van der Waals surface area contributed by atoms with E-state index in [0.717, 1.165) is 45.6 Å². The van der Waals surface area contributed by atoms with E-state index in [9.17, 15) is 4.79 Å². The van der Waals surface area contributed by atoms with E-state index in [4.69, 9.17) is 21.6 Å². The molecule has 1 aliphatic rings. The lowest BCUT2D eigenvalue weighted by atomic mass is 9.96. The van der Waals surface area contributed by atoms with Gasteiger partial charge in [-0.25, -0.2) is 14.8 Å². The Morgan fingerprint density at radius 2 is 1.97 bits per heavy atom. The van der Waals surface area contributed by atoms with Crippen LogP contribution in [0.1, 0.15) is 29.3 Å². The molecule has 0 unspecified atom stereocenters. The number of halogens is 1. The number of hydrogen-bond donors (Lipinski definition) is 1. The van der Waals surface area contributed by atoms with Crippen LogP contribution >= 0.6 is 11.6 Å². The van der Waals surface area contributed by atoms with E-state index in [1.54, 1.807) is 18.5 Å². The molecule has 1 aliphatic heterocycles. The molecule has 5 rings (SSSR count). The zero-order chi connectivity index (χ0) is 24.4. The summed E-state index contributed by atoms with van der Waals surface area (Å²) in [4.78, 5) is 29.1. The fourth-order valence-electron chi connectivity index (χ4n) is 4.40. The second-order valence-electron chi connectivity index (χ2n) is 8.68. The van der Waals surface area contributed by atoms with Crippen molar-refractivity contribution >= 4 is 23.3 Å². The monoisotopic (exact) mass is 483 g/mol. The Bertz CT molecular complexity index is 1390. The first-order valence-corrected chi connectivity index (χ1v) is 12.1. The van der Waals surface area contributed by atoms with Crippen molar-refractivity contribution < 1.29 is 4.79 Å². The summed E-state index contributed by atoms with van der Waals surface area (Å²) < 4.78 is 0. The van der Waals surface area contributed by atoms with E-state index in [1.165, 1.54) is 0 Å². The highest BCUT2D eigenvalue weighted by Crippen LogP contribution is 2.32. The van der Waals surface area contributed by atoms with Crippen LogP contribution in [0.4, 0.5) is 10.5 Å². The molecule has 6 nitrogen and oxygen atoms in total.